The van der Waals surface area contributed by atoms with Crippen LogP contribution in [-0.2, 0) is 0 Å². The molecule has 1 heterocycles. The number of benzene rings is 1. The molecular formula is C11H12N2O2S. The lowest BCUT2D eigenvalue weighted by molar-refractivity contribution is -0.384. The number of anilines is 1. The molecule has 0 aliphatic carbocycles. The Labute approximate surface area is 97.1 Å². The fourth-order valence-electron chi connectivity index (χ4n) is 1.55. The van der Waals surface area contributed by atoms with E-state index in [4.69, 9.17) is 0 Å². The highest BCUT2D eigenvalue weighted by Gasteiger charge is 2.10. The molecule has 0 saturated carbocycles. The minimum atomic E-state index is -0.365. The van der Waals surface area contributed by atoms with Crippen molar-refractivity contribution in [2.75, 3.05) is 5.32 Å². The van der Waals surface area contributed by atoms with E-state index in [-0.39, 0.29) is 10.6 Å². The van der Waals surface area contributed by atoms with Gasteiger partial charge in [0, 0.05) is 33.6 Å². The molecule has 0 saturated heterocycles. The molecule has 1 aromatic heterocycles. The highest BCUT2D eigenvalue weighted by Crippen LogP contribution is 2.33. The van der Waals surface area contributed by atoms with Gasteiger partial charge in [-0.25, -0.2) is 0 Å². The van der Waals surface area contributed by atoms with Crippen LogP contribution in [0.15, 0.2) is 23.6 Å². The third-order valence-electron chi connectivity index (χ3n) is 2.21. The summed E-state index contributed by atoms with van der Waals surface area (Å²) in [7, 11) is 0. The van der Waals surface area contributed by atoms with Crippen molar-refractivity contribution in [2.45, 2.75) is 19.9 Å². The van der Waals surface area contributed by atoms with Crippen LogP contribution in [0.25, 0.3) is 10.1 Å². The van der Waals surface area contributed by atoms with Crippen molar-refractivity contribution in [2.24, 2.45) is 0 Å². The van der Waals surface area contributed by atoms with E-state index in [0.29, 0.717) is 6.04 Å². The van der Waals surface area contributed by atoms with Gasteiger partial charge in [-0.15, -0.1) is 11.3 Å². The monoisotopic (exact) mass is 236 g/mol. The maximum Gasteiger partial charge on any atom is 0.270 e. The van der Waals surface area contributed by atoms with E-state index >= 15 is 0 Å². The number of nitro groups is 1. The fraction of sp³-hybridized carbons (Fsp3) is 0.273. The molecule has 0 aliphatic heterocycles. The molecule has 0 spiro atoms. The second-order valence-electron chi connectivity index (χ2n) is 3.89. The number of nitrogens with zero attached hydrogens (tertiary/aromatic N) is 1. The Balaban J connectivity index is 2.51. The van der Waals surface area contributed by atoms with Crippen LogP contribution in [-0.4, -0.2) is 11.0 Å². The van der Waals surface area contributed by atoms with Gasteiger partial charge in [0.25, 0.3) is 5.69 Å². The first-order valence-electron chi connectivity index (χ1n) is 5.00. The summed E-state index contributed by atoms with van der Waals surface area (Å²) in [5, 5.41) is 16.9. The number of hydrogen-bond acceptors (Lipinski definition) is 4. The quantitative estimate of drug-likeness (QED) is 0.654. The van der Waals surface area contributed by atoms with Crippen molar-refractivity contribution < 1.29 is 4.92 Å². The number of hydrogen-bond donors (Lipinski definition) is 1. The first kappa shape index (κ1) is 10.9. The molecule has 84 valence electrons. The molecule has 0 fully saturated rings. The molecule has 0 aliphatic rings. The van der Waals surface area contributed by atoms with E-state index in [0.717, 1.165) is 15.8 Å². The van der Waals surface area contributed by atoms with E-state index in [9.17, 15) is 10.1 Å². The molecule has 1 aromatic carbocycles. The van der Waals surface area contributed by atoms with Gasteiger partial charge in [-0.1, -0.05) is 0 Å². The molecule has 2 rings (SSSR count). The van der Waals surface area contributed by atoms with Crippen LogP contribution in [0.1, 0.15) is 13.8 Å². The number of non-ortho nitro benzene ring substituents is 1. The maximum absolute atomic E-state index is 10.7. The lowest BCUT2D eigenvalue weighted by Crippen LogP contribution is -2.08. The van der Waals surface area contributed by atoms with Gasteiger partial charge in [0.05, 0.1) is 10.6 Å². The van der Waals surface area contributed by atoms with Crippen molar-refractivity contribution in [3.05, 3.63) is 33.7 Å². The third kappa shape index (κ3) is 1.99. The standard InChI is InChI=1S/C11H12N2O2S/c1-7(2)12-10-6-16-11-4-3-8(13(14)15)5-9(10)11/h3-7,12H,1-2H3. The SMILES string of the molecule is CC(C)Nc1csc2ccc([N+](=O)[O-])cc12. The average Bonchev–Trinajstić information content (AvgIpc) is 2.60. The van der Waals surface area contributed by atoms with Gasteiger partial charge in [0.2, 0.25) is 0 Å². The molecule has 2 aromatic rings. The van der Waals surface area contributed by atoms with Gasteiger partial charge in [-0.3, -0.25) is 10.1 Å². The largest absolute Gasteiger partial charge is 0.382 e. The summed E-state index contributed by atoms with van der Waals surface area (Å²) in [6.45, 7) is 4.09. The van der Waals surface area contributed by atoms with E-state index in [1.165, 1.54) is 6.07 Å². The number of nitrogens with one attached hydrogen (secondary N) is 1. The molecule has 0 bridgehead atoms. The van der Waals surface area contributed by atoms with Crippen LogP contribution < -0.4 is 5.32 Å². The van der Waals surface area contributed by atoms with Crippen LogP contribution in [0.5, 0.6) is 0 Å². The molecule has 0 radical (unpaired) electrons. The summed E-state index contributed by atoms with van der Waals surface area (Å²) >= 11 is 1.59. The van der Waals surface area contributed by atoms with Crippen molar-refractivity contribution in [1.29, 1.82) is 0 Å². The van der Waals surface area contributed by atoms with Gasteiger partial charge in [-0.05, 0) is 19.9 Å². The van der Waals surface area contributed by atoms with Crippen LogP contribution in [0, 0.1) is 10.1 Å². The smallest absolute Gasteiger partial charge is 0.270 e. The number of rotatable bonds is 3. The normalized spacial score (nSPS) is 10.9. The molecule has 16 heavy (non-hydrogen) atoms. The third-order valence-corrected chi connectivity index (χ3v) is 3.18. The second kappa shape index (κ2) is 4.09. The maximum atomic E-state index is 10.7. The number of nitro benzene ring substituents is 1. The van der Waals surface area contributed by atoms with Gasteiger partial charge in [0.1, 0.15) is 0 Å². The van der Waals surface area contributed by atoms with Crippen molar-refractivity contribution in [3.63, 3.8) is 0 Å². The summed E-state index contributed by atoms with van der Waals surface area (Å²) < 4.78 is 1.06. The van der Waals surface area contributed by atoms with Crippen molar-refractivity contribution >= 4 is 32.8 Å². The number of fused-ring (bicyclic) bond motifs is 1. The molecule has 0 amide bonds. The number of thiophene rings is 1. The molecule has 4 nitrogen and oxygen atoms in total. The minimum Gasteiger partial charge on any atom is -0.382 e. The zero-order chi connectivity index (χ0) is 11.7. The summed E-state index contributed by atoms with van der Waals surface area (Å²) in [5.74, 6) is 0. The Hall–Kier alpha value is -1.62. The zero-order valence-electron chi connectivity index (χ0n) is 9.06. The first-order chi connectivity index (χ1) is 7.58. The second-order valence-corrected chi connectivity index (χ2v) is 4.80. The molecule has 0 atom stereocenters. The van der Waals surface area contributed by atoms with Crippen LogP contribution in [0.4, 0.5) is 11.4 Å². The van der Waals surface area contributed by atoms with Gasteiger partial charge >= 0.3 is 0 Å². The van der Waals surface area contributed by atoms with E-state index < -0.39 is 0 Å². The highest BCUT2D eigenvalue weighted by atomic mass is 32.1. The lowest BCUT2D eigenvalue weighted by Gasteiger charge is -2.07. The van der Waals surface area contributed by atoms with Gasteiger partial charge in [0.15, 0.2) is 0 Å². The van der Waals surface area contributed by atoms with Crippen LogP contribution in [0.3, 0.4) is 0 Å². The summed E-state index contributed by atoms with van der Waals surface area (Å²) in [6.07, 6.45) is 0. The van der Waals surface area contributed by atoms with Crippen LogP contribution >= 0.6 is 11.3 Å². The Morgan fingerprint density at radius 3 is 2.81 bits per heavy atom. The zero-order valence-corrected chi connectivity index (χ0v) is 9.88. The lowest BCUT2D eigenvalue weighted by atomic mass is 10.2. The summed E-state index contributed by atoms with van der Waals surface area (Å²) in [6, 6.07) is 5.27. The molecule has 5 heteroatoms. The molecule has 1 N–H and O–H groups in total. The summed E-state index contributed by atoms with van der Waals surface area (Å²) in [5.41, 5.74) is 1.11. The van der Waals surface area contributed by atoms with E-state index in [1.54, 1.807) is 23.5 Å². The Kier molecular flexibility index (Phi) is 2.78. The average molecular weight is 236 g/mol. The predicted molar refractivity (Wildman–Crippen MR) is 67.2 cm³/mol. The first-order valence-corrected chi connectivity index (χ1v) is 5.88. The predicted octanol–water partition coefficient (Wildman–Crippen LogP) is 3.63. The Bertz CT molecular complexity index is 534. The minimum absolute atomic E-state index is 0.137. The van der Waals surface area contributed by atoms with E-state index in [1.807, 2.05) is 19.2 Å². The van der Waals surface area contributed by atoms with Gasteiger partial charge < -0.3 is 5.32 Å². The Morgan fingerprint density at radius 2 is 2.19 bits per heavy atom. The van der Waals surface area contributed by atoms with Gasteiger partial charge in [-0.2, -0.15) is 0 Å². The summed E-state index contributed by atoms with van der Waals surface area (Å²) in [4.78, 5) is 10.3. The molecular weight excluding hydrogens is 224 g/mol. The van der Waals surface area contributed by atoms with Crippen LogP contribution in [0.2, 0.25) is 0 Å². The van der Waals surface area contributed by atoms with Crippen molar-refractivity contribution in [3.8, 4) is 0 Å². The topological polar surface area (TPSA) is 55.2 Å². The fourth-order valence-corrected chi connectivity index (χ4v) is 2.44. The van der Waals surface area contributed by atoms with E-state index in [2.05, 4.69) is 5.32 Å². The highest BCUT2D eigenvalue weighted by molar-refractivity contribution is 7.17. The Morgan fingerprint density at radius 1 is 1.44 bits per heavy atom. The van der Waals surface area contributed by atoms with Crippen molar-refractivity contribution in [1.82, 2.24) is 0 Å². The molecule has 0 unspecified atom stereocenters.